The number of hydrogen-bond donors (Lipinski definition) is 2. The summed E-state index contributed by atoms with van der Waals surface area (Å²) in [5.74, 6) is 0. The zero-order chi connectivity index (χ0) is 14.8. The summed E-state index contributed by atoms with van der Waals surface area (Å²) in [5, 5.41) is 17.3. The van der Waals surface area contributed by atoms with Crippen molar-refractivity contribution in [3.8, 4) is 10.6 Å². The third-order valence-electron chi connectivity index (χ3n) is 3.76. The van der Waals surface area contributed by atoms with Crippen molar-refractivity contribution in [1.29, 1.82) is 0 Å². The molecule has 0 saturated heterocycles. The van der Waals surface area contributed by atoms with Crippen LogP contribution in [0, 0.1) is 13.8 Å². The maximum absolute atomic E-state index is 4.44. The number of aryl methyl sites for hydroxylation is 2. The zero-order valence-electron chi connectivity index (χ0n) is 12.5. The lowest BCUT2D eigenvalue weighted by Crippen LogP contribution is -2.14. The molecule has 0 fully saturated rings. The van der Waals surface area contributed by atoms with Gasteiger partial charge in [-0.1, -0.05) is 6.07 Å². The molecule has 0 atom stereocenters. The van der Waals surface area contributed by atoms with Crippen LogP contribution in [0.2, 0.25) is 0 Å². The molecule has 0 aromatic carbocycles. The van der Waals surface area contributed by atoms with Crippen LogP contribution in [-0.2, 0) is 20.1 Å². The number of thiophene rings is 1. The van der Waals surface area contributed by atoms with Gasteiger partial charge in [0.2, 0.25) is 0 Å². The van der Waals surface area contributed by atoms with E-state index < -0.39 is 0 Å². The van der Waals surface area contributed by atoms with Gasteiger partial charge in [0.25, 0.3) is 0 Å². The highest BCUT2D eigenvalue weighted by Crippen LogP contribution is 2.25. The van der Waals surface area contributed by atoms with Crippen LogP contribution in [0.5, 0.6) is 0 Å². The van der Waals surface area contributed by atoms with Crippen LogP contribution >= 0.6 is 11.3 Å². The van der Waals surface area contributed by atoms with Gasteiger partial charge in [0, 0.05) is 37.0 Å². The zero-order valence-corrected chi connectivity index (χ0v) is 13.3. The van der Waals surface area contributed by atoms with Gasteiger partial charge < -0.3 is 5.32 Å². The van der Waals surface area contributed by atoms with Crippen molar-refractivity contribution >= 4 is 11.3 Å². The summed E-state index contributed by atoms with van der Waals surface area (Å²) < 4.78 is 1.93. The van der Waals surface area contributed by atoms with Crippen LogP contribution in [0.3, 0.4) is 0 Å². The third kappa shape index (κ3) is 2.77. The number of hydrogen-bond acceptors (Lipinski definition) is 4. The van der Waals surface area contributed by atoms with Crippen LogP contribution in [0.4, 0.5) is 0 Å². The lowest BCUT2D eigenvalue weighted by molar-refractivity contribution is 0.685. The van der Waals surface area contributed by atoms with Gasteiger partial charge in [-0.25, -0.2) is 0 Å². The lowest BCUT2D eigenvalue weighted by Gasteiger charge is -2.05. The lowest BCUT2D eigenvalue weighted by atomic mass is 10.2. The fraction of sp³-hybridized carbons (Fsp3) is 0.333. The van der Waals surface area contributed by atoms with Gasteiger partial charge in [-0.3, -0.25) is 9.78 Å². The van der Waals surface area contributed by atoms with Crippen LogP contribution < -0.4 is 5.32 Å². The van der Waals surface area contributed by atoms with E-state index in [0.29, 0.717) is 0 Å². The van der Waals surface area contributed by atoms with Crippen molar-refractivity contribution in [2.45, 2.75) is 26.9 Å². The molecule has 0 aliphatic rings. The van der Waals surface area contributed by atoms with E-state index in [0.717, 1.165) is 24.5 Å². The van der Waals surface area contributed by atoms with Gasteiger partial charge >= 0.3 is 0 Å². The SMILES string of the molecule is Cc1nn(C)c(C)c1CNCc1cn[nH]c1-c1cccs1. The highest BCUT2D eigenvalue weighted by Gasteiger charge is 2.11. The Kier molecular flexibility index (Phi) is 3.90. The fourth-order valence-corrected chi connectivity index (χ4v) is 3.23. The molecule has 0 amide bonds. The van der Waals surface area contributed by atoms with Gasteiger partial charge in [0.15, 0.2) is 0 Å². The van der Waals surface area contributed by atoms with Crippen LogP contribution in [0.1, 0.15) is 22.5 Å². The van der Waals surface area contributed by atoms with Crippen LogP contribution in [0.15, 0.2) is 23.7 Å². The molecular formula is C15H19N5S. The molecule has 0 spiro atoms. The monoisotopic (exact) mass is 301 g/mol. The molecule has 0 aliphatic carbocycles. The molecule has 5 nitrogen and oxygen atoms in total. The van der Waals surface area contributed by atoms with Gasteiger partial charge in [-0.15, -0.1) is 11.3 Å². The quantitative estimate of drug-likeness (QED) is 0.762. The standard InChI is InChI=1S/C15H19N5S/c1-10-13(11(2)20(3)19-10)9-16-7-12-8-17-18-15(12)14-5-4-6-21-14/h4-6,8,16H,7,9H2,1-3H3,(H,17,18). The summed E-state index contributed by atoms with van der Waals surface area (Å²) in [6.45, 7) is 5.77. The molecular weight excluding hydrogens is 282 g/mol. The van der Waals surface area contributed by atoms with E-state index >= 15 is 0 Å². The Morgan fingerprint density at radius 3 is 2.86 bits per heavy atom. The molecule has 2 N–H and O–H groups in total. The second-order valence-corrected chi connectivity index (χ2v) is 6.07. The van der Waals surface area contributed by atoms with Gasteiger partial charge in [-0.2, -0.15) is 10.2 Å². The molecule has 21 heavy (non-hydrogen) atoms. The van der Waals surface area contributed by atoms with E-state index in [1.807, 2.05) is 17.9 Å². The number of aromatic nitrogens is 4. The minimum absolute atomic E-state index is 0.789. The van der Waals surface area contributed by atoms with E-state index in [9.17, 15) is 0 Å². The van der Waals surface area contributed by atoms with Crippen molar-refractivity contribution in [2.24, 2.45) is 7.05 Å². The smallest absolute Gasteiger partial charge is 0.0794 e. The first-order chi connectivity index (χ1) is 10.2. The molecule has 3 aromatic rings. The van der Waals surface area contributed by atoms with Crippen molar-refractivity contribution in [3.05, 3.63) is 46.2 Å². The average molecular weight is 301 g/mol. The molecule has 0 aliphatic heterocycles. The van der Waals surface area contributed by atoms with Crippen molar-refractivity contribution in [3.63, 3.8) is 0 Å². The fourth-order valence-electron chi connectivity index (χ4n) is 2.47. The maximum Gasteiger partial charge on any atom is 0.0794 e. The second kappa shape index (κ2) is 5.83. The summed E-state index contributed by atoms with van der Waals surface area (Å²) >= 11 is 1.72. The Morgan fingerprint density at radius 2 is 2.19 bits per heavy atom. The number of H-pyrrole nitrogens is 1. The topological polar surface area (TPSA) is 58.5 Å². The van der Waals surface area contributed by atoms with E-state index in [-0.39, 0.29) is 0 Å². The molecule has 0 radical (unpaired) electrons. The Balaban J connectivity index is 1.68. The summed E-state index contributed by atoms with van der Waals surface area (Å²) in [5.41, 5.74) is 5.88. The number of rotatable bonds is 5. The molecule has 110 valence electrons. The highest BCUT2D eigenvalue weighted by molar-refractivity contribution is 7.13. The van der Waals surface area contributed by atoms with Gasteiger partial charge in [-0.05, 0) is 25.3 Å². The average Bonchev–Trinajstić information content (AvgIpc) is 3.16. The Labute approximate surface area is 128 Å². The Hall–Kier alpha value is -1.92. The predicted molar refractivity (Wildman–Crippen MR) is 85.1 cm³/mol. The summed E-state index contributed by atoms with van der Waals surface area (Å²) in [6.07, 6.45) is 1.89. The number of nitrogens with zero attached hydrogens (tertiary/aromatic N) is 3. The van der Waals surface area contributed by atoms with Gasteiger partial charge in [0.05, 0.1) is 22.5 Å². The first-order valence-electron chi connectivity index (χ1n) is 6.92. The number of aromatic amines is 1. The van der Waals surface area contributed by atoms with Crippen LogP contribution in [0.25, 0.3) is 10.6 Å². The second-order valence-electron chi connectivity index (χ2n) is 5.12. The predicted octanol–water partition coefficient (Wildman–Crippen LogP) is 2.78. The largest absolute Gasteiger partial charge is 0.308 e. The molecule has 3 heterocycles. The van der Waals surface area contributed by atoms with Crippen LogP contribution in [-0.4, -0.2) is 20.0 Å². The molecule has 0 bridgehead atoms. The molecule has 0 saturated carbocycles. The molecule has 3 aromatic heterocycles. The minimum Gasteiger partial charge on any atom is -0.308 e. The highest BCUT2D eigenvalue weighted by atomic mass is 32.1. The van der Waals surface area contributed by atoms with Crippen molar-refractivity contribution in [2.75, 3.05) is 0 Å². The van der Waals surface area contributed by atoms with E-state index in [4.69, 9.17) is 0 Å². The third-order valence-corrected chi connectivity index (χ3v) is 4.65. The number of nitrogens with one attached hydrogen (secondary N) is 2. The van der Waals surface area contributed by atoms with E-state index in [1.54, 1.807) is 11.3 Å². The molecule has 6 heteroatoms. The summed E-state index contributed by atoms with van der Waals surface area (Å²) in [6, 6.07) is 4.16. The van der Waals surface area contributed by atoms with Gasteiger partial charge in [0.1, 0.15) is 0 Å². The van der Waals surface area contributed by atoms with E-state index in [2.05, 4.69) is 52.0 Å². The Bertz CT molecular complexity index is 723. The summed E-state index contributed by atoms with van der Waals surface area (Å²) in [4.78, 5) is 1.22. The van der Waals surface area contributed by atoms with Crippen molar-refractivity contribution < 1.29 is 0 Å². The summed E-state index contributed by atoms with van der Waals surface area (Å²) in [7, 11) is 1.98. The van der Waals surface area contributed by atoms with E-state index in [1.165, 1.54) is 21.7 Å². The first kappa shape index (κ1) is 14.0. The first-order valence-corrected chi connectivity index (χ1v) is 7.80. The molecule has 3 rings (SSSR count). The van der Waals surface area contributed by atoms with Crippen molar-refractivity contribution in [1.82, 2.24) is 25.3 Å². The minimum atomic E-state index is 0.789. The normalized spacial score (nSPS) is 11.2. The maximum atomic E-state index is 4.44. The Morgan fingerprint density at radius 1 is 1.33 bits per heavy atom. The molecule has 0 unspecified atom stereocenters.